The average Bonchev–Trinajstić information content (AvgIpc) is 2.83. The van der Waals surface area contributed by atoms with E-state index in [1.54, 1.807) is 12.1 Å². The number of unbranched alkanes of at least 4 members (excludes halogenated alkanes) is 2. The summed E-state index contributed by atoms with van der Waals surface area (Å²) in [6, 6.07) is 6.42. The van der Waals surface area contributed by atoms with E-state index in [4.69, 9.17) is 0 Å². The molecule has 1 aliphatic carbocycles. The molecule has 0 saturated carbocycles. The van der Waals surface area contributed by atoms with Gasteiger partial charge in [-0.05, 0) is 53.6 Å². The topological polar surface area (TPSA) is 29.4 Å². The fourth-order valence-electron chi connectivity index (χ4n) is 2.88. The van der Waals surface area contributed by atoms with Crippen LogP contribution in [-0.4, -0.2) is 0 Å². The third kappa shape index (κ3) is 3.28. The number of allylic oxidation sites excluding steroid dienone is 2. The lowest BCUT2D eigenvalue weighted by Crippen LogP contribution is -1.99. The molecule has 1 aliphatic rings. The van der Waals surface area contributed by atoms with Gasteiger partial charge < -0.3 is 0 Å². The van der Waals surface area contributed by atoms with Crippen molar-refractivity contribution in [3.8, 4) is 0 Å². The van der Waals surface area contributed by atoms with Crippen molar-refractivity contribution in [2.24, 2.45) is 11.1 Å². The molecule has 1 aromatic rings. The molecular weight excluding hydrogens is 241 g/mol. The maximum atomic E-state index is 13.0. The Labute approximate surface area is 113 Å². The highest BCUT2D eigenvalue weighted by Crippen LogP contribution is 2.42. The fraction of sp³-hybridized carbons (Fsp3) is 0.500. The molecule has 0 aliphatic heterocycles. The Hall–Kier alpha value is -1.51. The summed E-state index contributed by atoms with van der Waals surface area (Å²) in [4.78, 5) is 11.0. The smallest absolute Gasteiger partial charge is 0.123 e. The molecule has 0 aromatic heterocycles. The lowest BCUT2D eigenvalue weighted by atomic mass is 9.90. The summed E-state index contributed by atoms with van der Waals surface area (Å²) in [5.74, 6) is 0.162. The minimum absolute atomic E-state index is 0.245. The summed E-state index contributed by atoms with van der Waals surface area (Å²) >= 11 is 0. The minimum atomic E-state index is -0.245. The van der Waals surface area contributed by atoms with Crippen LogP contribution < -0.4 is 0 Å². The van der Waals surface area contributed by atoms with Gasteiger partial charge in [-0.3, -0.25) is 0 Å². The lowest BCUT2D eigenvalue weighted by Gasteiger charge is -2.15. The zero-order valence-corrected chi connectivity index (χ0v) is 11.4. The van der Waals surface area contributed by atoms with Crippen molar-refractivity contribution >= 4 is 5.57 Å². The van der Waals surface area contributed by atoms with Crippen LogP contribution >= 0.6 is 0 Å². The van der Waals surface area contributed by atoms with Gasteiger partial charge in [0.1, 0.15) is 5.82 Å². The number of nitroso groups, excluding NO2 is 1. The molecule has 0 radical (unpaired) electrons. The van der Waals surface area contributed by atoms with E-state index in [9.17, 15) is 9.30 Å². The number of benzene rings is 1. The zero-order valence-electron chi connectivity index (χ0n) is 11.4. The standard InChI is InChI=1S/C16H20FNO/c1-2-3-4-5-12-8-11-15(18-19)16(12)13-6-9-14(17)10-7-13/h6-7,9-10,12H,2-5,8,11H2,1H3. The van der Waals surface area contributed by atoms with Gasteiger partial charge >= 0.3 is 0 Å². The van der Waals surface area contributed by atoms with E-state index >= 15 is 0 Å². The molecule has 19 heavy (non-hydrogen) atoms. The van der Waals surface area contributed by atoms with E-state index in [0.29, 0.717) is 11.6 Å². The highest BCUT2D eigenvalue weighted by molar-refractivity contribution is 5.72. The number of halogens is 1. The minimum Gasteiger partial charge on any atom is -0.207 e. The molecule has 0 fully saturated rings. The van der Waals surface area contributed by atoms with Gasteiger partial charge in [0.25, 0.3) is 0 Å². The van der Waals surface area contributed by atoms with Crippen LogP contribution in [0.4, 0.5) is 4.39 Å². The number of rotatable bonds is 6. The molecule has 1 unspecified atom stereocenters. The third-order valence-electron chi connectivity index (χ3n) is 3.87. The van der Waals surface area contributed by atoms with Gasteiger partial charge in [-0.15, -0.1) is 4.91 Å². The Morgan fingerprint density at radius 1 is 1.26 bits per heavy atom. The molecule has 3 heteroatoms. The Kier molecular flexibility index (Phi) is 4.83. The highest BCUT2D eigenvalue weighted by Gasteiger charge is 2.27. The Morgan fingerprint density at radius 2 is 2.00 bits per heavy atom. The maximum absolute atomic E-state index is 13.0. The first-order valence-corrected chi connectivity index (χ1v) is 7.08. The van der Waals surface area contributed by atoms with Crippen LogP contribution in [0.2, 0.25) is 0 Å². The third-order valence-corrected chi connectivity index (χ3v) is 3.87. The second kappa shape index (κ2) is 6.60. The van der Waals surface area contributed by atoms with Gasteiger partial charge in [0.15, 0.2) is 0 Å². The van der Waals surface area contributed by atoms with Crippen LogP contribution in [0.25, 0.3) is 5.57 Å². The normalized spacial score (nSPS) is 18.9. The molecule has 1 atom stereocenters. The van der Waals surface area contributed by atoms with Crippen LogP contribution in [0.1, 0.15) is 51.0 Å². The average molecular weight is 261 g/mol. The molecule has 0 spiro atoms. The van der Waals surface area contributed by atoms with E-state index in [1.165, 1.54) is 31.4 Å². The van der Waals surface area contributed by atoms with Crippen LogP contribution in [0, 0.1) is 16.6 Å². The van der Waals surface area contributed by atoms with E-state index in [1.807, 2.05) is 0 Å². The maximum Gasteiger partial charge on any atom is 0.123 e. The van der Waals surface area contributed by atoms with Gasteiger partial charge in [-0.2, -0.15) is 0 Å². The Bertz CT molecular complexity index is 464. The molecule has 2 nitrogen and oxygen atoms in total. The van der Waals surface area contributed by atoms with Crippen LogP contribution in [0.15, 0.2) is 35.1 Å². The van der Waals surface area contributed by atoms with Crippen LogP contribution in [0.3, 0.4) is 0 Å². The van der Waals surface area contributed by atoms with Crippen molar-refractivity contribution in [2.75, 3.05) is 0 Å². The van der Waals surface area contributed by atoms with E-state index in [2.05, 4.69) is 12.1 Å². The van der Waals surface area contributed by atoms with Gasteiger partial charge in [-0.25, -0.2) is 4.39 Å². The Morgan fingerprint density at radius 3 is 2.63 bits per heavy atom. The molecule has 2 rings (SSSR count). The molecule has 1 aromatic carbocycles. The first-order valence-electron chi connectivity index (χ1n) is 7.08. The summed E-state index contributed by atoms with van der Waals surface area (Å²) in [6.07, 6.45) is 6.44. The predicted molar refractivity (Wildman–Crippen MR) is 76.0 cm³/mol. The molecular formula is C16H20FNO. The Balaban J connectivity index is 2.20. The summed E-state index contributed by atoms with van der Waals surface area (Å²) in [7, 11) is 0. The van der Waals surface area contributed by atoms with Crippen molar-refractivity contribution in [3.63, 3.8) is 0 Å². The highest BCUT2D eigenvalue weighted by atomic mass is 19.1. The van der Waals surface area contributed by atoms with Gasteiger partial charge in [0.2, 0.25) is 0 Å². The second-order valence-electron chi connectivity index (χ2n) is 5.19. The lowest BCUT2D eigenvalue weighted by molar-refractivity contribution is 0.540. The number of hydrogen-bond donors (Lipinski definition) is 0. The monoisotopic (exact) mass is 261 g/mol. The SMILES string of the molecule is CCCCCC1CCC(N=O)=C1c1ccc(F)cc1. The molecule has 102 valence electrons. The van der Waals surface area contributed by atoms with Crippen molar-refractivity contribution in [1.82, 2.24) is 0 Å². The number of hydrogen-bond acceptors (Lipinski definition) is 2. The van der Waals surface area contributed by atoms with Gasteiger partial charge in [0, 0.05) is 0 Å². The fourth-order valence-corrected chi connectivity index (χ4v) is 2.88. The van der Waals surface area contributed by atoms with E-state index < -0.39 is 0 Å². The first kappa shape index (κ1) is 13.9. The van der Waals surface area contributed by atoms with Crippen molar-refractivity contribution in [3.05, 3.63) is 46.3 Å². The van der Waals surface area contributed by atoms with E-state index in [-0.39, 0.29) is 5.82 Å². The number of nitrogens with zero attached hydrogens (tertiary/aromatic N) is 1. The molecule has 0 bridgehead atoms. The van der Waals surface area contributed by atoms with E-state index in [0.717, 1.165) is 30.4 Å². The van der Waals surface area contributed by atoms with Gasteiger partial charge in [0.05, 0.1) is 5.70 Å². The molecule has 0 amide bonds. The quantitative estimate of drug-likeness (QED) is 0.505. The van der Waals surface area contributed by atoms with Crippen LogP contribution in [-0.2, 0) is 0 Å². The predicted octanol–water partition coefficient (Wildman–Crippen LogP) is 5.29. The van der Waals surface area contributed by atoms with Crippen molar-refractivity contribution in [1.29, 1.82) is 0 Å². The van der Waals surface area contributed by atoms with Gasteiger partial charge in [-0.1, -0.05) is 38.3 Å². The summed E-state index contributed by atoms with van der Waals surface area (Å²) in [5, 5.41) is 3.18. The molecule has 0 heterocycles. The molecule has 0 saturated heterocycles. The second-order valence-corrected chi connectivity index (χ2v) is 5.19. The molecule has 0 N–H and O–H groups in total. The first-order chi connectivity index (χ1) is 9.26. The summed E-state index contributed by atoms with van der Waals surface area (Å²) in [5.41, 5.74) is 2.66. The summed E-state index contributed by atoms with van der Waals surface area (Å²) < 4.78 is 13.0. The van der Waals surface area contributed by atoms with Crippen molar-refractivity contribution < 1.29 is 4.39 Å². The van der Waals surface area contributed by atoms with Crippen molar-refractivity contribution in [2.45, 2.75) is 45.4 Å². The largest absolute Gasteiger partial charge is 0.207 e. The zero-order chi connectivity index (χ0) is 13.7. The summed E-state index contributed by atoms with van der Waals surface area (Å²) in [6.45, 7) is 2.18. The van der Waals surface area contributed by atoms with Crippen LogP contribution in [0.5, 0.6) is 0 Å².